The zero-order valence-corrected chi connectivity index (χ0v) is 18.9. The van der Waals surface area contributed by atoms with Crippen molar-refractivity contribution >= 4 is 33.8 Å². The van der Waals surface area contributed by atoms with Gasteiger partial charge >= 0.3 is 5.69 Å². The number of aryl methyl sites for hydroxylation is 2. The molecule has 0 N–H and O–H groups in total. The lowest BCUT2D eigenvalue weighted by molar-refractivity contribution is 0.202. The van der Waals surface area contributed by atoms with Gasteiger partial charge in [0, 0.05) is 29.1 Å². The van der Waals surface area contributed by atoms with Gasteiger partial charge in [0.25, 0.3) is 0 Å². The fraction of sp³-hybridized carbons (Fsp3) is 0.545. The second-order valence-electron chi connectivity index (χ2n) is 8.36. The molecule has 2 aliphatic heterocycles. The molecular weight excluding hydrogens is 423 g/mol. The molecule has 0 saturated carbocycles. The Hall–Kier alpha value is -1.70. The predicted octanol–water partition coefficient (Wildman–Crippen LogP) is 4.34. The molecular formula is C22H28ClFN4OS. The van der Waals surface area contributed by atoms with Crippen LogP contribution >= 0.6 is 23.7 Å². The Morgan fingerprint density at radius 1 is 1.17 bits per heavy atom. The first-order valence-corrected chi connectivity index (χ1v) is 11.5. The van der Waals surface area contributed by atoms with Gasteiger partial charge < -0.3 is 4.90 Å². The van der Waals surface area contributed by atoms with Gasteiger partial charge in [0.1, 0.15) is 11.6 Å². The second-order valence-corrected chi connectivity index (χ2v) is 9.62. The molecule has 5 rings (SSSR count). The summed E-state index contributed by atoms with van der Waals surface area (Å²) in [6, 6.07) is 5.19. The van der Waals surface area contributed by atoms with Crippen LogP contribution in [0.25, 0.3) is 10.1 Å². The number of halogens is 2. The summed E-state index contributed by atoms with van der Waals surface area (Å²) in [4.78, 5) is 16.3. The number of fused-ring (bicyclic) bond motifs is 2. The average molecular weight is 451 g/mol. The van der Waals surface area contributed by atoms with E-state index in [0.717, 1.165) is 68.8 Å². The number of piperidine rings is 1. The number of rotatable bonds is 4. The van der Waals surface area contributed by atoms with Crippen LogP contribution in [0.3, 0.4) is 0 Å². The highest BCUT2D eigenvalue weighted by molar-refractivity contribution is 7.19. The van der Waals surface area contributed by atoms with Gasteiger partial charge in [-0.2, -0.15) is 5.10 Å². The number of hydrogen-bond acceptors (Lipinski definition) is 4. The lowest BCUT2D eigenvalue weighted by Gasteiger charge is -2.32. The summed E-state index contributed by atoms with van der Waals surface area (Å²) in [5.41, 5.74) is 1.48. The molecule has 1 aromatic carbocycles. The Morgan fingerprint density at radius 3 is 2.73 bits per heavy atom. The third kappa shape index (κ3) is 3.95. The maximum absolute atomic E-state index is 13.6. The van der Waals surface area contributed by atoms with Gasteiger partial charge in [-0.3, -0.25) is 4.57 Å². The number of thiophene rings is 1. The molecule has 30 heavy (non-hydrogen) atoms. The summed E-state index contributed by atoms with van der Waals surface area (Å²) in [7, 11) is 0. The Bertz CT molecular complexity index is 1100. The van der Waals surface area contributed by atoms with Gasteiger partial charge in [0.2, 0.25) is 0 Å². The van der Waals surface area contributed by atoms with Crippen LogP contribution in [0.15, 0.2) is 23.0 Å². The maximum atomic E-state index is 13.6. The molecule has 162 valence electrons. The molecule has 0 unspecified atom stereocenters. The van der Waals surface area contributed by atoms with Crippen LogP contribution in [0.2, 0.25) is 0 Å². The molecule has 5 nitrogen and oxygen atoms in total. The van der Waals surface area contributed by atoms with Gasteiger partial charge in [-0.05, 0) is 74.7 Å². The molecule has 0 spiro atoms. The van der Waals surface area contributed by atoms with E-state index in [4.69, 9.17) is 0 Å². The van der Waals surface area contributed by atoms with Crippen molar-refractivity contribution < 1.29 is 4.39 Å². The summed E-state index contributed by atoms with van der Waals surface area (Å²) < 4.78 is 18.1. The highest BCUT2D eigenvalue weighted by Crippen LogP contribution is 2.40. The average Bonchev–Trinajstić information content (AvgIpc) is 3.22. The lowest BCUT2D eigenvalue weighted by atomic mass is 9.87. The topological polar surface area (TPSA) is 43.1 Å². The molecule has 3 aromatic rings. The van der Waals surface area contributed by atoms with Gasteiger partial charge in [0.05, 0.1) is 6.54 Å². The first-order valence-electron chi connectivity index (χ1n) is 10.7. The highest BCUT2D eigenvalue weighted by atomic mass is 35.5. The molecule has 1 fully saturated rings. The van der Waals surface area contributed by atoms with Crippen LogP contribution in [0.4, 0.5) is 4.39 Å². The summed E-state index contributed by atoms with van der Waals surface area (Å²) in [6.07, 6.45) is 5.35. The smallest absolute Gasteiger partial charge is 0.301 e. The van der Waals surface area contributed by atoms with Gasteiger partial charge in [0.15, 0.2) is 0 Å². The van der Waals surface area contributed by atoms with E-state index in [1.165, 1.54) is 15.8 Å². The first kappa shape index (κ1) is 21.5. The number of benzene rings is 1. The van der Waals surface area contributed by atoms with E-state index < -0.39 is 0 Å². The largest absolute Gasteiger partial charge is 0.345 e. The molecule has 0 aliphatic carbocycles. The monoisotopic (exact) mass is 450 g/mol. The Kier molecular flexibility index (Phi) is 6.32. The van der Waals surface area contributed by atoms with Crippen molar-refractivity contribution in [1.29, 1.82) is 0 Å². The summed E-state index contributed by atoms with van der Waals surface area (Å²) in [5.74, 6) is 1.33. The minimum absolute atomic E-state index is 0. The Labute approximate surface area is 185 Å². The van der Waals surface area contributed by atoms with Gasteiger partial charge in [-0.15, -0.1) is 23.7 Å². The number of likely N-dealkylation sites (tertiary alicyclic amines) is 1. The van der Waals surface area contributed by atoms with Crippen LogP contribution in [-0.4, -0.2) is 38.9 Å². The van der Waals surface area contributed by atoms with Gasteiger partial charge in [-0.25, -0.2) is 13.9 Å². The summed E-state index contributed by atoms with van der Waals surface area (Å²) in [5, 5.41) is 5.78. The van der Waals surface area contributed by atoms with Crippen LogP contribution in [-0.2, 0) is 19.5 Å². The van der Waals surface area contributed by atoms with E-state index in [-0.39, 0.29) is 23.9 Å². The number of hydrogen-bond donors (Lipinski definition) is 0. The molecule has 4 heterocycles. The van der Waals surface area contributed by atoms with Crippen molar-refractivity contribution in [2.24, 2.45) is 0 Å². The van der Waals surface area contributed by atoms with E-state index >= 15 is 0 Å². The molecule has 0 bridgehead atoms. The van der Waals surface area contributed by atoms with Crippen LogP contribution in [0.1, 0.15) is 47.9 Å². The zero-order chi connectivity index (χ0) is 20.0. The van der Waals surface area contributed by atoms with E-state index in [2.05, 4.69) is 16.9 Å². The molecule has 0 radical (unpaired) electrons. The normalized spacial score (nSPS) is 17.8. The molecule has 2 aromatic heterocycles. The van der Waals surface area contributed by atoms with Crippen molar-refractivity contribution in [1.82, 2.24) is 19.2 Å². The SMILES string of the molecule is Cc1sc2cc(F)ccc2c1C1CCN(CCn2nc3n(c2=O)CCCC3)CC1.Cl. The molecule has 2 aliphatic rings. The third-order valence-corrected chi connectivity index (χ3v) is 7.62. The molecule has 0 atom stereocenters. The minimum Gasteiger partial charge on any atom is -0.301 e. The van der Waals surface area contributed by atoms with Crippen LogP contribution in [0, 0.1) is 12.7 Å². The summed E-state index contributed by atoms with van der Waals surface area (Å²) in [6.45, 7) is 6.59. The van der Waals surface area contributed by atoms with Crippen molar-refractivity contribution in [3.8, 4) is 0 Å². The quantitative estimate of drug-likeness (QED) is 0.593. The fourth-order valence-corrected chi connectivity index (χ4v) is 6.17. The van der Waals surface area contributed by atoms with Gasteiger partial charge in [-0.1, -0.05) is 6.07 Å². The second kappa shape index (κ2) is 8.81. The zero-order valence-electron chi connectivity index (χ0n) is 17.3. The van der Waals surface area contributed by atoms with Crippen LogP contribution in [0.5, 0.6) is 0 Å². The van der Waals surface area contributed by atoms with Crippen molar-refractivity contribution in [2.75, 3.05) is 19.6 Å². The van der Waals surface area contributed by atoms with Crippen molar-refractivity contribution in [3.63, 3.8) is 0 Å². The Morgan fingerprint density at radius 2 is 1.97 bits per heavy atom. The van der Waals surface area contributed by atoms with E-state index in [0.29, 0.717) is 12.5 Å². The number of nitrogens with zero attached hydrogens (tertiary/aromatic N) is 4. The fourth-order valence-electron chi connectivity index (χ4n) is 5.00. The van der Waals surface area contributed by atoms with E-state index in [1.54, 1.807) is 28.2 Å². The lowest BCUT2D eigenvalue weighted by Crippen LogP contribution is -2.37. The van der Waals surface area contributed by atoms with Crippen LogP contribution < -0.4 is 5.69 Å². The van der Waals surface area contributed by atoms with Crippen molar-refractivity contribution in [2.45, 2.75) is 58.0 Å². The highest BCUT2D eigenvalue weighted by Gasteiger charge is 2.25. The predicted molar refractivity (Wildman–Crippen MR) is 122 cm³/mol. The molecule has 1 saturated heterocycles. The first-order chi connectivity index (χ1) is 14.1. The molecule has 8 heteroatoms. The number of aromatic nitrogens is 3. The standard InChI is InChI=1S/C22H27FN4OS.ClH/c1-15-21(18-6-5-17(23)14-19(18)29-15)16-7-10-25(11-8-16)12-13-27-22(28)26-9-3-2-4-20(26)24-27;/h5-6,14,16H,2-4,7-13H2,1H3;1H. The molecule has 0 amide bonds. The maximum Gasteiger partial charge on any atom is 0.345 e. The minimum atomic E-state index is -0.156. The van der Waals surface area contributed by atoms with E-state index in [1.807, 2.05) is 10.6 Å². The van der Waals surface area contributed by atoms with Crippen molar-refractivity contribution in [3.05, 3.63) is 50.8 Å². The summed E-state index contributed by atoms with van der Waals surface area (Å²) >= 11 is 1.71. The third-order valence-electron chi connectivity index (χ3n) is 6.53. The van der Waals surface area contributed by atoms with E-state index in [9.17, 15) is 9.18 Å². The Balaban J connectivity index is 0.00000218.